The van der Waals surface area contributed by atoms with Crippen LogP contribution in [0.5, 0.6) is 0 Å². The summed E-state index contributed by atoms with van der Waals surface area (Å²) in [7, 11) is 1.87. The average molecular weight is 370 g/mol. The zero-order chi connectivity index (χ0) is 18.7. The molecule has 1 amide bonds. The van der Waals surface area contributed by atoms with Crippen LogP contribution in [0.4, 0.5) is 4.39 Å². The lowest BCUT2D eigenvalue weighted by Gasteiger charge is -2.49. The van der Waals surface area contributed by atoms with E-state index in [-0.39, 0.29) is 18.0 Å². The maximum atomic E-state index is 15.6. The molecule has 0 bridgehead atoms. The van der Waals surface area contributed by atoms with Crippen molar-refractivity contribution in [1.82, 2.24) is 20.0 Å². The Morgan fingerprint density at radius 1 is 1.27 bits per heavy atom. The Labute approximate surface area is 157 Å². The van der Waals surface area contributed by atoms with Crippen LogP contribution in [-0.2, 0) is 4.79 Å². The number of nitrogens with one attached hydrogen (secondary N) is 1. The molecular formula is C19H36FN5O. The van der Waals surface area contributed by atoms with Gasteiger partial charge in [-0.15, -0.1) is 0 Å². The van der Waals surface area contributed by atoms with Gasteiger partial charge in [0.2, 0.25) is 5.91 Å². The second-order valence-electron chi connectivity index (χ2n) is 8.55. The Bertz CT molecular complexity index is 481. The molecule has 3 N–H and O–H groups in total. The fourth-order valence-electron chi connectivity index (χ4n) is 5.04. The van der Waals surface area contributed by atoms with Gasteiger partial charge in [-0.1, -0.05) is 13.3 Å². The van der Waals surface area contributed by atoms with Gasteiger partial charge in [-0.25, -0.2) is 4.39 Å². The maximum absolute atomic E-state index is 15.6. The Morgan fingerprint density at radius 2 is 2.00 bits per heavy atom. The third kappa shape index (κ3) is 4.38. The molecule has 3 saturated heterocycles. The molecule has 3 fully saturated rings. The summed E-state index contributed by atoms with van der Waals surface area (Å²) in [5.41, 5.74) is 5.11. The van der Waals surface area contributed by atoms with E-state index in [2.05, 4.69) is 15.1 Å². The third-order valence-corrected chi connectivity index (χ3v) is 6.50. The molecule has 150 valence electrons. The van der Waals surface area contributed by atoms with E-state index in [0.29, 0.717) is 32.0 Å². The molecule has 7 heteroatoms. The van der Waals surface area contributed by atoms with Gasteiger partial charge in [-0.05, 0) is 38.3 Å². The van der Waals surface area contributed by atoms with E-state index in [1.807, 2.05) is 18.9 Å². The molecule has 3 unspecified atom stereocenters. The van der Waals surface area contributed by atoms with Crippen LogP contribution in [0.3, 0.4) is 0 Å². The molecule has 3 rings (SSSR count). The van der Waals surface area contributed by atoms with Crippen LogP contribution in [0.1, 0.15) is 32.6 Å². The molecule has 26 heavy (non-hydrogen) atoms. The Morgan fingerprint density at radius 3 is 2.65 bits per heavy atom. The monoisotopic (exact) mass is 369 g/mol. The van der Waals surface area contributed by atoms with Gasteiger partial charge in [-0.3, -0.25) is 14.6 Å². The number of piperazine rings is 1. The Kier molecular flexibility index (Phi) is 6.54. The number of hydrogen-bond acceptors (Lipinski definition) is 5. The van der Waals surface area contributed by atoms with Crippen molar-refractivity contribution in [1.29, 1.82) is 0 Å². The van der Waals surface area contributed by atoms with Crippen molar-refractivity contribution in [2.45, 2.75) is 50.4 Å². The van der Waals surface area contributed by atoms with Crippen LogP contribution in [0.15, 0.2) is 0 Å². The Hall–Kier alpha value is -0.760. The zero-order valence-electron chi connectivity index (χ0n) is 16.4. The van der Waals surface area contributed by atoms with Gasteiger partial charge in [-0.2, -0.15) is 0 Å². The lowest BCUT2D eigenvalue weighted by atomic mass is 9.81. The third-order valence-electron chi connectivity index (χ3n) is 6.50. The van der Waals surface area contributed by atoms with Crippen molar-refractivity contribution in [3.63, 3.8) is 0 Å². The van der Waals surface area contributed by atoms with Gasteiger partial charge in [0.15, 0.2) is 0 Å². The van der Waals surface area contributed by atoms with E-state index >= 15 is 4.39 Å². The maximum Gasteiger partial charge on any atom is 0.236 e. The molecule has 3 heterocycles. The number of halogens is 1. The van der Waals surface area contributed by atoms with Crippen molar-refractivity contribution in [2.24, 2.45) is 11.7 Å². The topological polar surface area (TPSA) is 64.8 Å². The van der Waals surface area contributed by atoms with E-state index in [9.17, 15) is 4.79 Å². The summed E-state index contributed by atoms with van der Waals surface area (Å²) >= 11 is 0. The molecule has 6 nitrogen and oxygen atoms in total. The SMILES string of the molecule is CCCC1(F)CNCC(N)C1N1CCC(CN2CCN(C)C(=O)C2)CC1. The van der Waals surface area contributed by atoms with Gasteiger partial charge < -0.3 is 16.0 Å². The largest absolute Gasteiger partial charge is 0.343 e. The number of amides is 1. The first-order valence-electron chi connectivity index (χ1n) is 10.3. The number of likely N-dealkylation sites (N-methyl/N-ethyl adjacent to an activating group) is 1. The summed E-state index contributed by atoms with van der Waals surface area (Å²) < 4.78 is 15.6. The number of piperidine rings is 2. The van der Waals surface area contributed by atoms with Gasteiger partial charge >= 0.3 is 0 Å². The van der Waals surface area contributed by atoms with E-state index in [1.165, 1.54) is 0 Å². The molecule has 0 aromatic rings. The first kappa shape index (κ1) is 20.0. The number of hydrogen-bond donors (Lipinski definition) is 2. The highest BCUT2D eigenvalue weighted by atomic mass is 19.1. The molecule has 0 saturated carbocycles. The highest BCUT2D eigenvalue weighted by Crippen LogP contribution is 2.33. The normalized spacial score (nSPS) is 35.8. The number of nitrogens with zero attached hydrogens (tertiary/aromatic N) is 3. The quantitative estimate of drug-likeness (QED) is 0.729. The summed E-state index contributed by atoms with van der Waals surface area (Å²) in [5, 5.41) is 3.18. The van der Waals surface area contributed by atoms with Crippen LogP contribution < -0.4 is 11.1 Å². The van der Waals surface area contributed by atoms with Gasteiger partial charge in [0.05, 0.1) is 12.6 Å². The lowest BCUT2D eigenvalue weighted by molar-refractivity contribution is -0.134. The summed E-state index contributed by atoms with van der Waals surface area (Å²) in [6.07, 6.45) is 3.55. The van der Waals surface area contributed by atoms with E-state index in [1.54, 1.807) is 0 Å². The number of carbonyl (C=O) groups excluding carboxylic acids is 1. The summed E-state index contributed by atoms with van der Waals surface area (Å²) in [6, 6.07) is -0.318. The molecule has 3 atom stereocenters. The molecular weight excluding hydrogens is 333 g/mol. The van der Waals surface area contributed by atoms with E-state index < -0.39 is 5.67 Å². The van der Waals surface area contributed by atoms with E-state index in [4.69, 9.17) is 5.73 Å². The summed E-state index contributed by atoms with van der Waals surface area (Å²) in [5.74, 6) is 0.816. The van der Waals surface area contributed by atoms with Gasteiger partial charge in [0.1, 0.15) is 5.67 Å². The number of carbonyl (C=O) groups is 1. The number of nitrogens with two attached hydrogens (primary N) is 1. The smallest absolute Gasteiger partial charge is 0.236 e. The van der Waals surface area contributed by atoms with Crippen LogP contribution in [-0.4, -0.2) is 97.8 Å². The molecule has 0 aliphatic carbocycles. The van der Waals surface area contributed by atoms with Gasteiger partial charge in [0, 0.05) is 45.8 Å². The first-order chi connectivity index (χ1) is 12.4. The van der Waals surface area contributed by atoms with Crippen LogP contribution in [0.25, 0.3) is 0 Å². The second-order valence-corrected chi connectivity index (χ2v) is 8.55. The molecule has 0 spiro atoms. The van der Waals surface area contributed by atoms with Crippen molar-refractivity contribution >= 4 is 5.91 Å². The standard InChI is InChI=1S/C19H36FN5O/c1-3-6-19(20)14-22-11-16(21)18(19)25-7-4-15(5-8-25)12-24-10-9-23(2)17(26)13-24/h15-16,18,22H,3-14,21H2,1-2H3. The first-order valence-corrected chi connectivity index (χ1v) is 10.3. The molecule has 3 aliphatic rings. The summed E-state index contributed by atoms with van der Waals surface area (Å²) in [6.45, 7) is 8.31. The fourth-order valence-corrected chi connectivity index (χ4v) is 5.04. The van der Waals surface area contributed by atoms with Crippen molar-refractivity contribution in [2.75, 3.05) is 59.4 Å². The molecule has 0 radical (unpaired) electrons. The highest BCUT2D eigenvalue weighted by molar-refractivity contribution is 5.78. The van der Waals surface area contributed by atoms with Crippen molar-refractivity contribution in [3.8, 4) is 0 Å². The number of rotatable bonds is 5. The minimum atomic E-state index is -1.22. The predicted molar refractivity (Wildman–Crippen MR) is 102 cm³/mol. The average Bonchev–Trinajstić information content (AvgIpc) is 2.59. The van der Waals surface area contributed by atoms with Crippen molar-refractivity contribution < 1.29 is 9.18 Å². The van der Waals surface area contributed by atoms with Crippen LogP contribution in [0, 0.1) is 5.92 Å². The molecule has 0 aromatic carbocycles. The van der Waals surface area contributed by atoms with Crippen LogP contribution in [0.2, 0.25) is 0 Å². The number of likely N-dealkylation sites (tertiary alicyclic amines) is 1. The lowest BCUT2D eigenvalue weighted by Crippen LogP contribution is -2.69. The minimum Gasteiger partial charge on any atom is -0.343 e. The molecule has 3 aliphatic heterocycles. The predicted octanol–water partition coefficient (Wildman–Crippen LogP) is 0.280. The van der Waals surface area contributed by atoms with Crippen molar-refractivity contribution in [3.05, 3.63) is 0 Å². The zero-order valence-corrected chi connectivity index (χ0v) is 16.4. The van der Waals surface area contributed by atoms with Crippen LogP contribution >= 0.6 is 0 Å². The minimum absolute atomic E-state index is 0.146. The van der Waals surface area contributed by atoms with E-state index in [0.717, 1.165) is 52.0 Å². The Balaban J connectivity index is 1.53. The highest BCUT2D eigenvalue weighted by Gasteiger charge is 2.48. The summed E-state index contributed by atoms with van der Waals surface area (Å²) in [4.78, 5) is 18.3. The molecule has 0 aromatic heterocycles. The second kappa shape index (κ2) is 8.50. The van der Waals surface area contributed by atoms with Gasteiger partial charge in [0.25, 0.3) is 0 Å². The fraction of sp³-hybridized carbons (Fsp3) is 0.947. The number of alkyl halides is 1.